The molecule has 1 aromatic heterocycles. The minimum Gasteiger partial charge on any atom is -0.384 e. The average Bonchev–Trinajstić information content (AvgIpc) is 2.48. The zero-order valence-corrected chi connectivity index (χ0v) is 14.7. The minimum absolute atomic E-state index is 0.279. The van der Waals surface area contributed by atoms with Gasteiger partial charge < -0.3 is 5.32 Å². The number of sulfonamides is 1. The van der Waals surface area contributed by atoms with Gasteiger partial charge in [0.05, 0.1) is 16.8 Å². The molecule has 0 aliphatic carbocycles. The standard InChI is InChI=1S/C17H23N3O2S/c1-12(2)10-18-15-7-8-17(19-11-15)20-23(21,22)16-9-13(3)5-6-14(16)4/h5-9,11-12,18H,10H2,1-4H3,(H,19,20). The van der Waals surface area contributed by atoms with Crippen LogP contribution < -0.4 is 10.0 Å². The van der Waals surface area contributed by atoms with Crippen molar-refractivity contribution in [1.82, 2.24) is 4.98 Å². The smallest absolute Gasteiger partial charge is 0.263 e. The summed E-state index contributed by atoms with van der Waals surface area (Å²) in [5.74, 6) is 0.832. The van der Waals surface area contributed by atoms with Crippen molar-refractivity contribution in [3.05, 3.63) is 47.7 Å². The van der Waals surface area contributed by atoms with Crippen LogP contribution in [-0.4, -0.2) is 19.9 Å². The van der Waals surface area contributed by atoms with Crippen molar-refractivity contribution in [1.29, 1.82) is 0 Å². The first-order valence-electron chi connectivity index (χ1n) is 7.58. The molecule has 0 aliphatic heterocycles. The van der Waals surface area contributed by atoms with Crippen LogP contribution >= 0.6 is 0 Å². The quantitative estimate of drug-likeness (QED) is 0.848. The summed E-state index contributed by atoms with van der Waals surface area (Å²) in [6.45, 7) is 8.72. The molecule has 1 aromatic carbocycles. The van der Waals surface area contributed by atoms with Crippen LogP contribution in [0.4, 0.5) is 11.5 Å². The van der Waals surface area contributed by atoms with Gasteiger partial charge in [-0.2, -0.15) is 0 Å². The maximum Gasteiger partial charge on any atom is 0.263 e. The van der Waals surface area contributed by atoms with Gasteiger partial charge in [0.25, 0.3) is 10.0 Å². The van der Waals surface area contributed by atoms with E-state index in [1.54, 1.807) is 31.3 Å². The highest BCUT2D eigenvalue weighted by atomic mass is 32.2. The van der Waals surface area contributed by atoms with Gasteiger partial charge in [-0.05, 0) is 49.1 Å². The predicted molar refractivity (Wildman–Crippen MR) is 94.3 cm³/mol. The molecule has 0 saturated carbocycles. The van der Waals surface area contributed by atoms with Crippen LogP contribution in [0.5, 0.6) is 0 Å². The predicted octanol–water partition coefficient (Wildman–Crippen LogP) is 3.57. The molecule has 0 radical (unpaired) electrons. The number of aromatic nitrogens is 1. The van der Waals surface area contributed by atoms with Crippen LogP contribution in [0.2, 0.25) is 0 Å². The Kier molecular flexibility index (Phi) is 5.26. The van der Waals surface area contributed by atoms with Gasteiger partial charge in [0, 0.05) is 6.54 Å². The third kappa shape index (κ3) is 4.69. The van der Waals surface area contributed by atoms with Gasteiger partial charge >= 0.3 is 0 Å². The summed E-state index contributed by atoms with van der Waals surface area (Å²) in [6.07, 6.45) is 1.63. The van der Waals surface area contributed by atoms with Gasteiger partial charge in [0.2, 0.25) is 0 Å². The number of hydrogen-bond donors (Lipinski definition) is 2. The van der Waals surface area contributed by atoms with Crippen molar-refractivity contribution in [2.24, 2.45) is 5.92 Å². The van der Waals surface area contributed by atoms with Crippen molar-refractivity contribution >= 4 is 21.5 Å². The van der Waals surface area contributed by atoms with E-state index in [4.69, 9.17) is 0 Å². The van der Waals surface area contributed by atoms with Crippen molar-refractivity contribution in [3.8, 4) is 0 Å². The van der Waals surface area contributed by atoms with Crippen molar-refractivity contribution in [2.75, 3.05) is 16.6 Å². The number of nitrogens with zero attached hydrogens (tertiary/aromatic N) is 1. The Hall–Kier alpha value is -2.08. The summed E-state index contributed by atoms with van der Waals surface area (Å²) in [5.41, 5.74) is 2.48. The number of rotatable bonds is 6. The summed E-state index contributed by atoms with van der Waals surface area (Å²) >= 11 is 0. The van der Waals surface area contributed by atoms with Crippen LogP contribution in [0, 0.1) is 19.8 Å². The summed E-state index contributed by atoms with van der Waals surface area (Å²) in [4.78, 5) is 4.45. The molecule has 0 fully saturated rings. The van der Waals surface area contributed by atoms with E-state index in [0.717, 1.165) is 17.8 Å². The van der Waals surface area contributed by atoms with Gasteiger partial charge in [-0.25, -0.2) is 13.4 Å². The monoisotopic (exact) mass is 333 g/mol. The summed E-state index contributed by atoms with van der Waals surface area (Å²) in [7, 11) is -3.64. The zero-order valence-electron chi connectivity index (χ0n) is 13.9. The van der Waals surface area contributed by atoms with Crippen LogP contribution in [-0.2, 0) is 10.0 Å². The summed E-state index contributed by atoms with van der Waals surface area (Å²) < 4.78 is 27.5. The molecule has 5 nitrogen and oxygen atoms in total. The van der Waals surface area contributed by atoms with Crippen LogP contribution in [0.1, 0.15) is 25.0 Å². The lowest BCUT2D eigenvalue weighted by molar-refractivity contribution is 0.600. The highest BCUT2D eigenvalue weighted by Gasteiger charge is 2.17. The van der Waals surface area contributed by atoms with Gasteiger partial charge in [-0.1, -0.05) is 26.0 Å². The van der Waals surface area contributed by atoms with E-state index in [-0.39, 0.29) is 4.90 Å². The molecule has 0 bridgehead atoms. The van der Waals surface area contributed by atoms with Crippen molar-refractivity contribution < 1.29 is 8.42 Å². The number of aryl methyl sites for hydroxylation is 2. The fourth-order valence-corrected chi connectivity index (χ4v) is 3.41. The van der Waals surface area contributed by atoms with Crippen LogP contribution in [0.3, 0.4) is 0 Å². The first-order chi connectivity index (χ1) is 10.8. The molecule has 0 saturated heterocycles. The minimum atomic E-state index is -3.64. The second kappa shape index (κ2) is 7.00. The normalized spacial score (nSPS) is 11.5. The van der Waals surface area contributed by atoms with E-state index in [0.29, 0.717) is 17.3 Å². The molecule has 0 aliphatic rings. The SMILES string of the molecule is Cc1ccc(C)c(S(=O)(=O)Nc2ccc(NCC(C)C)cn2)c1. The van der Waals surface area contributed by atoms with E-state index in [1.165, 1.54) is 0 Å². The molecular formula is C17H23N3O2S. The Bertz CT molecular complexity index is 769. The number of anilines is 2. The highest BCUT2D eigenvalue weighted by Crippen LogP contribution is 2.20. The molecular weight excluding hydrogens is 310 g/mol. The maximum absolute atomic E-state index is 12.5. The fourth-order valence-electron chi connectivity index (χ4n) is 2.07. The van der Waals surface area contributed by atoms with E-state index >= 15 is 0 Å². The first kappa shape index (κ1) is 17.3. The Balaban J connectivity index is 2.16. The number of nitrogens with one attached hydrogen (secondary N) is 2. The third-order valence-corrected chi connectivity index (χ3v) is 4.85. The molecule has 2 rings (SSSR count). The lowest BCUT2D eigenvalue weighted by atomic mass is 10.2. The molecule has 2 N–H and O–H groups in total. The number of pyridine rings is 1. The second-order valence-corrected chi connectivity index (χ2v) is 7.73. The van der Waals surface area contributed by atoms with Gasteiger partial charge in [-0.15, -0.1) is 0 Å². The van der Waals surface area contributed by atoms with E-state index in [1.807, 2.05) is 19.1 Å². The molecule has 2 aromatic rings. The van der Waals surface area contributed by atoms with Gasteiger partial charge in [0.15, 0.2) is 0 Å². The molecule has 6 heteroatoms. The lowest BCUT2D eigenvalue weighted by Crippen LogP contribution is -2.15. The van der Waals surface area contributed by atoms with E-state index in [2.05, 4.69) is 28.9 Å². The van der Waals surface area contributed by atoms with Crippen molar-refractivity contribution in [3.63, 3.8) is 0 Å². The molecule has 1 heterocycles. The largest absolute Gasteiger partial charge is 0.384 e. The topological polar surface area (TPSA) is 71.1 Å². The Morgan fingerprint density at radius 3 is 2.48 bits per heavy atom. The summed E-state index contributed by atoms with van der Waals surface area (Å²) in [6, 6.07) is 8.83. The molecule has 124 valence electrons. The zero-order chi connectivity index (χ0) is 17.0. The van der Waals surface area contributed by atoms with E-state index < -0.39 is 10.0 Å². The highest BCUT2D eigenvalue weighted by molar-refractivity contribution is 7.92. The lowest BCUT2D eigenvalue weighted by Gasteiger charge is -2.12. The third-order valence-electron chi connectivity index (χ3n) is 3.35. The molecule has 0 unspecified atom stereocenters. The Labute approximate surface area is 138 Å². The second-order valence-electron chi connectivity index (χ2n) is 6.08. The first-order valence-corrected chi connectivity index (χ1v) is 9.06. The Morgan fingerprint density at radius 1 is 1.13 bits per heavy atom. The maximum atomic E-state index is 12.5. The van der Waals surface area contributed by atoms with E-state index in [9.17, 15) is 8.42 Å². The van der Waals surface area contributed by atoms with Gasteiger partial charge in [-0.3, -0.25) is 4.72 Å². The summed E-state index contributed by atoms with van der Waals surface area (Å²) in [5, 5.41) is 3.24. The number of benzene rings is 1. The van der Waals surface area contributed by atoms with Crippen LogP contribution in [0.25, 0.3) is 0 Å². The molecule has 0 amide bonds. The molecule has 0 spiro atoms. The van der Waals surface area contributed by atoms with Crippen molar-refractivity contribution in [2.45, 2.75) is 32.6 Å². The fraction of sp³-hybridized carbons (Fsp3) is 0.353. The average molecular weight is 333 g/mol. The molecule has 23 heavy (non-hydrogen) atoms. The Morgan fingerprint density at radius 2 is 1.87 bits per heavy atom. The molecule has 0 atom stereocenters. The van der Waals surface area contributed by atoms with Gasteiger partial charge in [0.1, 0.15) is 5.82 Å². The van der Waals surface area contributed by atoms with Crippen LogP contribution in [0.15, 0.2) is 41.4 Å². The number of hydrogen-bond acceptors (Lipinski definition) is 4.